The molecule has 19 heavy (non-hydrogen) atoms. The van der Waals surface area contributed by atoms with E-state index in [1.165, 1.54) is 0 Å². The van der Waals surface area contributed by atoms with Gasteiger partial charge in [0.25, 0.3) is 0 Å². The first kappa shape index (κ1) is 12.6. The van der Waals surface area contributed by atoms with Gasteiger partial charge in [0.2, 0.25) is 0 Å². The fourth-order valence-electron chi connectivity index (χ4n) is 1.80. The van der Waals surface area contributed by atoms with Gasteiger partial charge in [-0.2, -0.15) is 0 Å². The average Bonchev–Trinajstić information content (AvgIpc) is 2.42. The van der Waals surface area contributed by atoms with Crippen molar-refractivity contribution in [1.82, 2.24) is 9.97 Å². The van der Waals surface area contributed by atoms with Crippen molar-refractivity contribution >= 4 is 54.3 Å². The van der Waals surface area contributed by atoms with E-state index < -0.39 is 0 Å². The second kappa shape index (κ2) is 5.27. The summed E-state index contributed by atoms with van der Waals surface area (Å²) in [4.78, 5) is 8.63. The van der Waals surface area contributed by atoms with Gasteiger partial charge < -0.3 is 5.32 Å². The zero-order chi connectivity index (χ0) is 13.2. The van der Waals surface area contributed by atoms with Gasteiger partial charge in [-0.1, -0.05) is 6.07 Å². The number of pyridine rings is 2. The van der Waals surface area contributed by atoms with Crippen molar-refractivity contribution in [3.63, 3.8) is 0 Å². The molecule has 0 amide bonds. The molecule has 1 N–H and O–H groups in total. The molecule has 3 rings (SSSR count). The van der Waals surface area contributed by atoms with E-state index in [0.29, 0.717) is 0 Å². The molecule has 0 unspecified atom stereocenters. The summed E-state index contributed by atoms with van der Waals surface area (Å²) in [7, 11) is 0. The number of hydrogen-bond acceptors (Lipinski definition) is 3. The highest BCUT2D eigenvalue weighted by atomic mass is 79.9. The van der Waals surface area contributed by atoms with E-state index >= 15 is 0 Å². The summed E-state index contributed by atoms with van der Waals surface area (Å²) in [6, 6.07) is 12.0. The minimum absolute atomic E-state index is 0.784. The van der Waals surface area contributed by atoms with E-state index in [-0.39, 0.29) is 0 Å². The minimum Gasteiger partial charge on any atom is -0.339 e. The number of hydrogen-bond donors (Lipinski definition) is 1. The lowest BCUT2D eigenvalue weighted by molar-refractivity contribution is 1.27. The van der Waals surface area contributed by atoms with Gasteiger partial charge in [-0.3, -0.25) is 4.98 Å². The third kappa shape index (κ3) is 2.77. The van der Waals surface area contributed by atoms with Crippen molar-refractivity contribution in [3.05, 3.63) is 57.7 Å². The van der Waals surface area contributed by atoms with Crippen LogP contribution >= 0.6 is 31.9 Å². The highest BCUT2D eigenvalue weighted by molar-refractivity contribution is 9.11. The summed E-state index contributed by atoms with van der Waals surface area (Å²) in [6.07, 6.45) is 3.55. The van der Waals surface area contributed by atoms with Crippen LogP contribution in [0.5, 0.6) is 0 Å². The molecule has 3 nitrogen and oxygen atoms in total. The van der Waals surface area contributed by atoms with Crippen LogP contribution in [0.2, 0.25) is 0 Å². The van der Waals surface area contributed by atoms with Gasteiger partial charge in [0.05, 0.1) is 9.99 Å². The van der Waals surface area contributed by atoms with E-state index in [4.69, 9.17) is 0 Å². The van der Waals surface area contributed by atoms with Gasteiger partial charge in [0.15, 0.2) is 0 Å². The lowest BCUT2D eigenvalue weighted by Crippen LogP contribution is -1.94. The molecule has 0 saturated heterocycles. The van der Waals surface area contributed by atoms with Crippen LogP contribution in [0.3, 0.4) is 0 Å². The SMILES string of the molecule is Brc1cnc(Nc2ccc3ncccc3c2)c(Br)c1. The molecule has 0 radical (unpaired) electrons. The molecule has 0 aliphatic rings. The summed E-state index contributed by atoms with van der Waals surface area (Å²) >= 11 is 6.87. The molecule has 0 aliphatic carbocycles. The van der Waals surface area contributed by atoms with Crippen LogP contribution in [0.1, 0.15) is 0 Å². The summed E-state index contributed by atoms with van der Waals surface area (Å²) in [5.74, 6) is 0.784. The quantitative estimate of drug-likeness (QED) is 0.689. The second-order valence-electron chi connectivity index (χ2n) is 4.02. The molecule has 0 bridgehead atoms. The van der Waals surface area contributed by atoms with Crippen molar-refractivity contribution in [1.29, 1.82) is 0 Å². The lowest BCUT2D eigenvalue weighted by atomic mass is 10.2. The monoisotopic (exact) mass is 377 g/mol. The van der Waals surface area contributed by atoms with Crippen LogP contribution in [0.25, 0.3) is 10.9 Å². The minimum atomic E-state index is 0.784. The standard InChI is InChI=1S/C14H9Br2N3/c15-10-7-12(16)14(18-8-10)19-11-3-4-13-9(6-11)2-1-5-17-13/h1-8H,(H,18,19). The van der Waals surface area contributed by atoms with Crippen LogP contribution < -0.4 is 5.32 Å². The Morgan fingerprint density at radius 1 is 1.00 bits per heavy atom. The van der Waals surface area contributed by atoms with Crippen molar-refractivity contribution < 1.29 is 0 Å². The summed E-state index contributed by atoms with van der Waals surface area (Å²) < 4.78 is 1.85. The first-order valence-corrected chi connectivity index (χ1v) is 7.24. The number of nitrogens with one attached hydrogen (secondary N) is 1. The van der Waals surface area contributed by atoms with Crippen LogP contribution in [0.4, 0.5) is 11.5 Å². The van der Waals surface area contributed by atoms with E-state index in [0.717, 1.165) is 31.4 Å². The zero-order valence-electron chi connectivity index (χ0n) is 9.77. The predicted octanol–water partition coefficient (Wildman–Crippen LogP) is 4.90. The number of rotatable bonds is 2. The molecule has 2 heterocycles. The normalized spacial score (nSPS) is 10.6. The van der Waals surface area contributed by atoms with E-state index in [9.17, 15) is 0 Å². The smallest absolute Gasteiger partial charge is 0.144 e. The van der Waals surface area contributed by atoms with Gasteiger partial charge in [-0.25, -0.2) is 4.98 Å². The highest BCUT2D eigenvalue weighted by Gasteiger charge is 2.03. The number of fused-ring (bicyclic) bond motifs is 1. The van der Waals surface area contributed by atoms with Crippen LogP contribution in [0, 0.1) is 0 Å². The molecule has 0 spiro atoms. The Bertz CT molecular complexity index is 744. The van der Waals surface area contributed by atoms with E-state index in [2.05, 4.69) is 53.2 Å². The maximum Gasteiger partial charge on any atom is 0.144 e. The molecular weight excluding hydrogens is 370 g/mol. The van der Waals surface area contributed by atoms with Gasteiger partial charge in [-0.05, 0) is 62.2 Å². The van der Waals surface area contributed by atoms with Crippen LogP contribution in [-0.2, 0) is 0 Å². The fraction of sp³-hybridized carbons (Fsp3) is 0. The number of nitrogens with zero attached hydrogens (tertiary/aromatic N) is 2. The van der Waals surface area contributed by atoms with Crippen molar-refractivity contribution in [2.24, 2.45) is 0 Å². The van der Waals surface area contributed by atoms with Crippen molar-refractivity contribution in [3.8, 4) is 0 Å². The van der Waals surface area contributed by atoms with E-state index in [1.807, 2.05) is 30.3 Å². The number of benzene rings is 1. The van der Waals surface area contributed by atoms with Gasteiger partial charge in [0.1, 0.15) is 5.82 Å². The van der Waals surface area contributed by atoms with Crippen molar-refractivity contribution in [2.75, 3.05) is 5.32 Å². The first-order valence-electron chi connectivity index (χ1n) is 5.65. The Kier molecular flexibility index (Phi) is 3.48. The first-order chi connectivity index (χ1) is 9.22. The maximum atomic E-state index is 4.33. The number of anilines is 2. The molecule has 0 atom stereocenters. The molecule has 1 aromatic carbocycles. The molecule has 3 aromatic rings. The molecule has 94 valence electrons. The Morgan fingerprint density at radius 2 is 1.89 bits per heavy atom. The predicted molar refractivity (Wildman–Crippen MR) is 84.7 cm³/mol. The third-order valence-corrected chi connectivity index (χ3v) is 3.71. The Labute approximate surface area is 127 Å². The molecule has 2 aromatic heterocycles. The second-order valence-corrected chi connectivity index (χ2v) is 5.79. The molecule has 5 heteroatoms. The Morgan fingerprint density at radius 3 is 2.74 bits per heavy atom. The third-order valence-electron chi connectivity index (χ3n) is 2.67. The number of aromatic nitrogens is 2. The van der Waals surface area contributed by atoms with Gasteiger partial charge in [0, 0.05) is 27.9 Å². The Balaban J connectivity index is 1.96. The topological polar surface area (TPSA) is 37.8 Å². The molecule has 0 fully saturated rings. The van der Waals surface area contributed by atoms with Crippen molar-refractivity contribution in [2.45, 2.75) is 0 Å². The molecule has 0 aliphatic heterocycles. The molecular formula is C14H9Br2N3. The summed E-state index contributed by atoms with van der Waals surface area (Å²) in [5.41, 5.74) is 1.96. The van der Waals surface area contributed by atoms with Crippen LogP contribution in [0.15, 0.2) is 57.7 Å². The zero-order valence-corrected chi connectivity index (χ0v) is 12.9. The highest BCUT2D eigenvalue weighted by Crippen LogP contribution is 2.27. The maximum absolute atomic E-state index is 4.33. The lowest BCUT2D eigenvalue weighted by Gasteiger charge is -2.08. The number of halogens is 2. The van der Waals surface area contributed by atoms with Gasteiger partial charge >= 0.3 is 0 Å². The average molecular weight is 379 g/mol. The van der Waals surface area contributed by atoms with Crippen LogP contribution in [-0.4, -0.2) is 9.97 Å². The summed E-state index contributed by atoms with van der Waals surface area (Å²) in [5, 5.41) is 4.38. The fourth-order valence-corrected chi connectivity index (χ4v) is 2.88. The van der Waals surface area contributed by atoms with E-state index in [1.54, 1.807) is 12.4 Å². The largest absolute Gasteiger partial charge is 0.339 e. The Hall–Kier alpha value is -1.46. The van der Waals surface area contributed by atoms with Gasteiger partial charge in [-0.15, -0.1) is 0 Å². The summed E-state index contributed by atoms with van der Waals surface area (Å²) in [6.45, 7) is 0. The molecule has 0 saturated carbocycles.